The number of nitrogens with zero attached hydrogens (tertiary/aromatic N) is 5. The van der Waals surface area contributed by atoms with E-state index in [0.717, 1.165) is 43.8 Å². The normalized spacial score (nSPS) is 22.7. The SMILES string of the molecule is FCCOc1ccc(C(F)(F)F)n2nc(N[C@@H]3[C@@H]4CC[C@H]3CN(c3ccnc(Cl)c3)C4)nc12. The summed E-state index contributed by atoms with van der Waals surface area (Å²) >= 11 is 6.04. The first-order valence-electron chi connectivity index (χ1n) is 10.6. The molecule has 1 saturated carbocycles. The number of hydrogen-bond acceptors (Lipinski definition) is 6. The molecule has 3 aromatic heterocycles. The van der Waals surface area contributed by atoms with Crippen molar-refractivity contribution in [3.8, 4) is 5.75 Å². The predicted octanol–water partition coefficient (Wildman–Crippen LogP) is 4.47. The first kappa shape index (κ1) is 22.0. The monoisotopic (exact) mass is 484 g/mol. The molecule has 2 aliphatic rings. The van der Waals surface area contributed by atoms with Crippen LogP contribution in [0, 0.1) is 11.8 Å². The van der Waals surface area contributed by atoms with Gasteiger partial charge in [0.25, 0.3) is 0 Å². The van der Waals surface area contributed by atoms with Crippen LogP contribution < -0.4 is 15.0 Å². The lowest BCUT2D eigenvalue weighted by Crippen LogP contribution is -2.48. The van der Waals surface area contributed by atoms with Gasteiger partial charge in [-0.05, 0) is 48.9 Å². The second kappa shape index (κ2) is 8.51. The minimum atomic E-state index is -4.63. The summed E-state index contributed by atoms with van der Waals surface area (Å²) in [7, 11) is 0. The first-order valence-corrected chi connectivity index (χ1v) is 11.0. The lowest BCUT2D eigenvalue weighted by molar-refractivity contribution is -0.142. The molecule has 1 aliphatic heterocycles. The van der Waals surface area contributed by atoms with Crippen LogP contribution in [-0.4, -0.2) is 52.0 Å². The van der Waals surface area contributed by atoms with Crippen molar-refractivity contribution in [1.82, 2.24) is 19.6 Å². The Kier molecular flexibility index (Phi) is 5.67. The van der Waals surface area contributed by atoms with E-state index in [9.17, 15) is 17.6 Å². The number of fused-ring (bicyclic) bond motifs is 3. The average molecular weight is 485 g/mol. The van der Waals surface area contributed by atoms with Gasteiger partial charge in [0.15, 0.2) is 11.4 Å². The van der Waals surface area contributed by atoms with E-state index in [1.165, 1.54) is 0 Å². The van der Waals surface area contributed by atoms with Crippen molar-refractivity contribution in [2.45, 2.75) is 25.1 Å². The molecule has 33 heavy (non-hydrogen) atoms. The summed E-state index contributed by atoms with van der Waals surface area (Å²) in [6.07, 6.45) is -0.976. The fourth-order valence-corrected chi connectivity index (χ4v) is 5.05. The van der Waals surface area contributed by atoms with Gasteiger partial charge in [-0.15, -0.1) is 5.10 Å². The largest absolute Gasteiger partial charge is 0.487 e. The summed E-state index contributed by atoms with van der Waals surface area (Å²) in [5.74, 6) is 0.686. The van der Waals surface area contributed by atoms with Gasteiger partial charge < -0.3 is 15.0 Å². The van der Waals surface area contributed by atoms with Gasteiger partial charge in [0.2, 0.25) is 5.95 Å². The Morgan fingerprint density at radius 1 is 1.15 bits per heavy atom. The zero-order chi connectivity index (χ0) is 23.2. The van der Waals surface area contributed by atoms with Crippen molar-refractivity contribution in [3.05, 3.63) is 41.3 Å². The summed E-state index contributed by atoms with van der Waals surface area (Å²) in [4.78, 5) is 10.6. The second-order valence-electron chi connectivity index (χ2n) is 8.30. The number of alkyl halides is 4. The molecule has 3 aromatic rings. The maximum atomic E-state index is 13.5. The molecule has 2 bridgehead atoms. The van der Waals surface area contributed by atoms with E-state index in [0.29, 0.717) is 9.67 Å². The predicted molar refractivity (Wildman–Crippen MR) is 115 cm³/mol. The summed E-state index contributed by atoms with van der Waals surface area (Å²) in [5.41, 5.74) is -0.0735. The lowest BCUT2D eigenvalue weighted by atomic mass is 9.92. The molecule has 176 valence electrons. The molecular weight excluding hydrogens is 464 g/mol. The number of halogens is 5. The van der Waals surface area contributed by atoms with E-state index in [2.05, 4.69) is 25.3 Å². The highest BCUT2D eigenvalue weighted by molar-refractivity contribution is 6.29. The average Bonchev–Trinajstić information content (AvgIpc) is 3.28. The summed E-state index contributed by atoms with van der Waals surface area (Å²) < 4.78 is 59.0. The minimum Gasteiger partial charge on any atom is -0.487 e. The van der Waals surface area contributed by atoms with Crippen molar-refractivity contribution in [2.75, 3.05) is 36.6 Å². The fraction of sp³-hybridized carbons (Fsp3) is 0.476. The molecule has 0 unspecified atom stereocenters. The van der Waals surface area contributed by atoms with E-state index in [1.807, 2.05) is 12.1 Å². The number of piperidine rings is 1. The van der Waals surface area contributed by atoms with Crippen LogP contribution >= 0.6 is 11.6 Å². The first-order chi connectivity index (χ1) is 15.8. The Morgan fingerprint density at radius 2 is 1.91 bits per heavy atom. The third-order valence-corrected chi connectivity index (χ3v) is 6.48. The molecule has 0 aromatic carbocycles. The molecular formula is C21H21ClF4N6O. The Bertz CT molecular complexity index is 1140. The Balaban J connectivity index is 1.40. The topological polar surface area (TPSA) is 67.6 Å². The van der Waals surface area contributed by atoms with Gasteiger partial charge in [0.1, 0.15) is 24.1 Å². The van der Waals surface area contributed by atoms with Crippen LogP contribution in [0.3, 0.4) is 0 Å². The number of rotatable bonds is 6. The van der Waals surface area contributed by atoms with Gasteiger partial charge in [-0.25, -0.2) is 13.9 Å². The zero-order valence-corrected chi connectivity index (χ0v) is 18.2. The molecule has 1 saturated heterocycles. The van der Waals surface area contributed by atoms with Gasteiger partial charge in [-0.3, -0.25) is 0 Å². The number of ether oxygens (including phenoxy) is 1. The molecule has 0 radical (unpaired) electrons. The highest BCUT2D eigenvalue weighted by Gasteiger charge is 2.43. The van der Waals surface area contributed by atoms with Gasteiger partial charge in [-0.2, -0.15) is 18.2 Å². The third-order valence-electron chi connectivity index (χ3n) is 6.28. The molecule has 4 heterocycles. The standard InChI is InChI=1S/C21H21ClF4N6O/c22-17-9-14(5-7-27-17)31-10-12-1-2-13(11-31)18(12)28-20-29-19-15(33-8-6-23)3-4-16(21(24,25)26)32(19)30-20/h3-5,7,9,12-13,18H,1-2,6,8,10-11H2,(H,28,30)/t12-,13+,18-. The summed E-state index contributed by atoms with van der Waals surface area (Å²) in [6.45, 7) is 0.510. The maximum absolute atomic E-state index is 13.5. The van der Waals surface area contributed by atoms with Crippen LogP contribution in [-0.2, 0) is 6.18 Å². The lowest BCUT2D eigenvalue weighted by Gasteiger charge is -2.39. The van der Waals surface area contributed by atoms with Gasteiger partial charge in [0.05, 0.1) is 0 Å². The third kappa shape index (κ3) is 4.25. The van der Waals surface area contributed by atoms with E-state index in [4.69, 9.17) is 16.3 Å². The quantitative estimate of drug-likeness (QED) is 0.411. The molecule has 1 N–H and O–H groups in total. The van der Waals surface area contributed by atoms with Gasteiger partial charge in [-0.1, -0.05) is 11.6 Å². The van der Waals surface area contributed by atoms with Gasteiger partial charge >= 0.3 is 6.18 Å². The van der Waals surface area contributed by atoms with E-state index >= 15 is 0 Å². The molecule has 7 nitrogen and oxygen atoms in total. The summed E-state index contributed by atoms with van der Waals surface area (Å²) in [5, 5.41) is 7.79. The zero-order valence-electron chi connectivity index (χ0n) is 17.4. The van der Waals surface area contributed by atoms with Crippen LogP contribution in [0.15, 0.2) is 30.5 Å². The Morgan fingerprint density at radius 3 is 2.58 bits per heavy atom. The van der Waals surface area contributed by atoms with E-state index < -0.39 is 18.5 Å². The fourth-order valence-electron chi connectivity index (χ4n) is 4.88. The molecule has 0 spiro atoms. The Labute approximate surface area is 191 Å². The van der Waals surface area contributed by atoms with Crippen molar-refractivity contribution >= 4 is 28.9 Å². The van der Waals surface area contributed by atoms with Crippen LogP contribution in [0.4, 0.5) is 29.2 Å². The molecule has 0 amide bonds. The van der Waals surface area contributed by atoms with E-state index in [-0.39, 0.29) is 41.8 Å². The number of aromatic nitrogens is 4. The molecule has 5 rings (SSSR count). The highest BCUT2D eigenvalue weighted by atomic mass is 35.5. The summed E-state index contributed by atoms with van der Waals surface area (Å²) in [6, 6.07) is 5.78. The van der Waals surface area contributed by atoms with Crippen LogP contribution in [0.2, 0.25) is 5.15 Å². The van der Waals surface area contributed by atoms with Crippen molar-refractivity contribution in [3.63, 3.8) is 0 Å². The molecule has 1 aliphatic carbocycles. The number of anilines is 2. The Hall–Kier alpha value is -2.82. The number of pyridine rings is 2. The van der Waals surface area contributed by atoms with Gasteiger partial charge in [0, 0.05) is 31.0 Å². The van der Waals surface area contributed by atoms with Crippen molar-refractivity contribution in [2.24, 2.45) is 11.8 Å². The number of nitrogens with one attached hydrogen (secondary N) is 1. The molecule has 2 fully saturated rings. The highest BCUT2D eigenvalue weighted by Crippen LogP contribution is 2.40. The molecule has 3 atom stereocenters. The van der Waals surface area contributed by atoms with Crippen molar-refractivity contribution < 1.29 is 22.3 Å². The maximum Gasteiger partial charge on any atom is 0.433 e. The smallest absolute Gasteiger partial charge is 0.433 e. The van der Waals surface area contributed by atoms with E-state index in [1.54, 1.807) is 6.20 Å². The number of hydrogen-bond donors (Lipinski definition) is 1. The second-order valence-corrected chi connectivity index (χ2v) is 8.69. The minimum absolute atomic E-state index is 0.0283. The van der Waals surface area contributed by atoms with Crippen LogP contribution in [0.5, 0.6) is 5.75 Å². The van der Waals surface area contributed by atoms with Crippen molar-refractivity contribution in [1.29, 1.82) is 0 Å². The van der Waals surface area contributed by atoms with Crippen LogP contribution in [0.1, 0.15) is 18.5 Å². The van der Waals surface area contributed by atoms with Crippen LogP contribution in [0.25, 0.3) is 5.65 Å². The molecule has 12 heteroatoms.